The number of amides is 1. The first-order valence-corrected chi connectivity index (χ1v) is 5.01. The van der Waals surface area contributed by atoms with E-state index in [0.29, 0.717) is 13.0 Å². The van der Waals surface area contributed by atoms with Gasteiger partial charge in [0.1, 0.15) is 0 Å². The van der Waals surface area contributed by atoms with E-state index in [1.165, 1.54) is 6.92 Å². The monoisotopic (exact) mass is 191 g/mol. The number of hydrogen-bond donors (Lipinski definition) is 1. The number of nitrogens with zero attached hydrogens (tertiary/aromatic N) is 1. The van der Waals surface area contributed by atoms with Crippen LogP contribution >= 0.6 is 0 Å². The minimum absolute atomic E-state index is 0.0449. The Balaban J connectivity index is -0.000000218. The standard InChI is InChI=1S/C6H13NO2.2C2H6/c1-6(9)7(2)4-3-5-8;2*1-2/h8H,3-5H2,1-2H3;2*1-2H3. The SMILES string of the molecule is CC.CC.CC(=O)N(C)CCCO. The Hall–Kier alpha value is -0.570. The fraction of sp³-hybridized carbons (Fsp3) is 0.900. The second-order valence-corrected chi connectivity index (χ2v) is 2.02. The Morgan fingerprint density at radius 2 is 1.62 bits per heavy atom. The van der Waals surface area contributed by atoms with Crippen molar-refractivity contribution in [1.29, 1.82) is 0 Å². The average molecular weight is 191 g/mol. The van der Waals surface area contributed by atoms with Crippen molar-refractivity contribution in [1.82, 2.24) is 4.90 Å². The normalized spacial score (nSPS) is 7.31. The van der Waals surface area contributed by atoms with Crippen LogP contribution in [0.5, 0.6) is 0 Å². The second kappa shape index (κ2) is 17.5. The summed E-state index contributed by atoms with van der Waals surface area (Å²) >= 11 is 0. The fourth-order valence-electron chi connectivity index (χ4n) is 0.465. The minimum atomic E-state index is 0.0449. The maximum Gasteiger partial charge on any atom is 0.219 e. The number of carbonyl (C=O) groups is 1. The summed E-state index contributed by atoms with van der Waals surface area (Å²) in [6.07, 6.45) is 0.663. The van der Waals surface area contributed by atoms with Crippen molar-refractivity contribution >= 4 is 5.91 Å². The quantitative estimate of drug-likeness (QED) is 0.740. The van der Waals surface area contributed by atoms with Crippen molar-refractivity contribution in [2.24, 2.45) is 0 Å². The van der Waals surface area contributed by atoms with Crippen LogP contribution in [0.25, 0.3) is 0 Å². The van der Waals surface area contributed by atoms with E-state index in [0.717, 1.165) is 0 Å². The lowest BCUT2D eigenvalue weighted by atomic mass is 10.4. The summed E-state index contributed by atoms with van der Waals surface area (Å²) in [5, 5.41) is 8.36. The lowest BCUT2D eigenvalue weighted by Crippen LogP contribution is -2.25. The molecule has 1 N–H and O–H groups in total. The molecule has 0 aliphatic heterocycles. The molecule has 82 valence electrons. The Labute approximate surface area is 82.8 Å². The zero-order valence-corrected chi connectivity index (χ0v) is 9.92. The molecule has 0 radical (unpaired) electrons. The van der Waals surface area contributed by atoms with Gasteiger partial charge in [-0.2, -0.15) is 0 Å². The van der Waals surface area contributed by atoms with Crippen LogP contribution in [0.15, 0.2) is 0 Å². The van der Waals surface area contributed by atoms with Crippen molar-refractivity contribution in [3.05, 3.63) is 0 Å². The smallest absolute Gasteiger partial charge is 0.219 e. The first-order valence-electron chi connectivity index (χ1n) is 5.01. The molecule has 0 heterocycles. The van der Waals surface area contributed by atoms with Crippen LogP contribution in [-0.2, 0) is 4.79 Å². The maximum absolute atomic E-state index is 10.5. The molecule has 0 atom stereocenters. The summed E-state index contributed by atoms with van der Waals surface area (Å²) in [4.78, 5) is 12.1. The third-order valence-electron chi connectivity index (χ3n) is 1.19. The molecule has 0 aromatic carbocycles. The molecular formula is C10H25NO2. The van der Waals surface area contributed by atoms with Crippen LogP contribution in [0.2, 0.25) is 0 Å². The number of rotatable bonds is 3. The van der Waals surface area contributed by atoms with E-state index in [1.807, 2.05) is 27.7 Å². The highest BCUT2D eigenvalue weighted by Gasteiger charge is 1.98. The van der Waals surface area contributed by atoms with Crippen LogP contribution in [0.1, 0.15) is 41.0 Å². The number of aliphatic hydroxyl groups excluding tert-OH is 1. The average Bonchev–Trinajstić information content (AvgIpc) is 2.20. The maximum atomic E-state index is 10.5. The Morgan fingerprint density at radius 1 is 1.23 bits per heavy atom. The number of aliphatic hydroxyl groups is 1. The highest BCUT2D eigenvalue weighted by Crippen LogP contribution is 1.85. The largest absolute Gasteiger partial charge is 0.396 e. The molecule has 0 aliphatic rings. The van der Waals surface area contributed by atoms with Crippen LogP contribution < -0.4 is 0 Å². The van der Waals surface area contributed by atoms with Gasteiger partial charge in [0.05, 0.1) is 0 Å². The van der Waals surface area contributed by atoms with Crippen molar-refractivity contribution in [3.63, 3.8) is 0 Å². The van der Waals surface area contributed by atoms with E-state index in [9.17, 15) is 4.79 Å². The summed E-state index contributed by atoms with van der Waals surface area (Å²) in [6.45, 7) is 10.3. The summed E-state index contributed by atoms with van der Waals surface area (Å²) in [7, 11) is 1.72. The third kappa shape index (κ3) is 18.4. The molecule has 0 aromatic rings. The lowest BCUT2D eigenvalue weighted by Gasteiger charge is -2.12. The van der Waals surface area contributed by atoms with Crippen LogP contribution in [0.3, 0.4) is 0 Å². The van der Waals surface area contributed by atoms with Gasteiger partial charge in [-0.15, -0.1) is 0 Å². The zero-order valence-electron chi connectivity index (χ0n) is 9.92. The topological polar surface area (TPSA) is 40.5 Å². The molecule has 0 spiro atoms. The molecule has 0 rings (SSSR count). The third-order valence-corrected chi connectivity index (χ3v) is 1.19. The number of hydrogen-bond acceptors (Lipinski definition) is 2. The molecule has 3 heteroatoms. The summed E-state index contributed by atoms with van der Waals surface area (Å²) in [5.41, 5.74) is 0. The van der Waals surface area contributed by atoms with Crippen molar-refractivity contribution in [2.45, 2.75) is 41.0 Å². The predicted molar refractivity (Wildman–Crippen MR) is 57.7 cm³/mol. The Kier molecular flexibility index (Phi) is 24.6. The first-order chi connectivity index (χ1) is 6.18. The van der Waals surface area contributed by atoms with Crippen LogP contribution in [-0.4, -0.2) is 36.1 Å². The van der Waals surface area contributed by atoms with Crippen molar-refractivity contribution in [2.75, 3.05) is 20.2 Å². The van der Waals surface area contributed by atoms with Gasteiger partial charge < -0.3 is 10.0 Å². The van der Waals surface area contributed by atoms with Gasteiger partial charge in [0.15, 0.2) is 0 Å². The van der Waals surface area contributed by atoms with E-state index in [4.69, 9.17) is 5.11 Å². The van der Waals surface area contributed by atoms with E-state index in [-0.39, 0.29) is 12.5 Å². The van der Waals surface area contributed by atoms with Gasteiger partial charge in [-0.05, 0) is 6.42 Å². The van der Waals surface area contributed by atoms with Crippen molar-refractivity contribution in [3.8, 4) is 0 Å². The van der Waals surface area contributed by atoms with Gasteiger partial charge in [0.25, 0.3) is 0 Å². The van der Waals surface area contributed by atoms with E-state index < -0.39 is 0 Å². The van der Waals surface area contributed by atoms with Crippen LogP contribution in [0, 0.1) is 0 Å². The van der Waals surface area contributed by atoms with Crippen molar-refractivity contribution < 1.29 is 9.90 Å². The van der Waals surface area contributed by atoms with E-state index in [2.05, 4.69) is 0 Å². The van der Waals surface area contributed by atoms with Crippen LogP contribution in [0.4, 0.5) is 0 Å². The summed E-state index contributed by atoms with van der Waals surface area (Å²) in [5.74, 6) is 0.0449. The molecule has 0 aliphatic carbocycles. The molecule has 1 amide bonds. The lowest BCUT2D eigenvalue weighted by molar-refractivity contribution is -0.127. The van der Waals surface area contributed by atoms with Gasteiger partial charge in [0.2, 0.25) is 5.91 Å². The predicted octanol–water partition coefficient (Wildman–Crippen LogP) is 1.90. The molecule has 0 bridgehead atoms. The first kappa shape index (κ1) is 18.3. The van der Waals surface area contributed by atoms with E-state index in [1.54, 1.807) is 11.9 Å². The molecule has 13 heavy (non-hydrogen) atoms. The molecule has 3 nitrogen and oxygen atoms in total. The number of carbonyl (C=O) groups excluding carboxylic acids is 1. The molecule has 0 aromatic heterocycles. The van der Waals surface area contributed by atoms with Gasteiger partial charge in [0, 0.05) is 27.1 Å². The molecule has 0 unspecified atom stereocenters. The van der Waals surface area contributed by atoms with Gasteiger partial charge in [-0.1, -0.05) is 27.7 Å². The molecule has 0 saturated heterocycles. The molecule has 0 fully saturated rings. The Morgan fingerprint density at radius 3 is 1.85 bits per heavy atom. The highest BCUT2D eigenvalue weighted by molar-refractivity contribution is 5.72. The summed E-state index contributed by atoms with van der Waals surface area (Å²) < 4.78 is 0. The molecular weight excluding hydrogens is 166 g/mol. The minimum Gasteiger partial charge on any atom is -0.396 e. The highest BCUT2D eigenvalue weighted by atomic mass is 16.3. The zero-order chi connectivity index (χ0) is 11.3. The fourth-order valence-corrected chi connectivity index (χ4v) is 0.465. The van der Waals surface area contributed by atoms with Gasteiger partial charge in [-0.25, -0.2) is 0 Å². The second-order valence-electron chi connectivity index (χ2n) is 2.02. The van der Waals surface area contributed by atoms with Gasteiger partial charge in [-0.3, -0.25) is 4.79 Å². The van der Waals surface area contributed by atoms with E-state index >= 15 is 0 Å². The molecule has 0 saturated carbocycles. The Bertz CT molecular complexity index is 94.9. The summed E-state index contributed by atoms with van der Waals surface area (Å²) in [6, 6.07) is 0. The van der Waals surface area contributed by atoms with Gasteiger partial charge >= 0.3 is 0 Å².